The molecule has 0 saturated heterocycles. The molecule has 0 aliphatic carbocycles. The van der Waals surface area contributed by atoms with Crippen LogP contribution in [0.5, 0.6) is 0 Å². The summed E-state index contributed by atoms with van der Waals surface area (Å²) in [6.45, 7) is 3.90. The molecule has 1 aromatic heterocycles. The van der Waals surface area contributed by atoms with Crippen molar-refractivity contribution in [3.05, 3.63) is 30.1 Å². The Morgan fingerprint density at radius 1 is 1.42 bits per heavy atom. The fourth-order valence-corrected chi connectivity index (χ4v) is 1.76. The minimum atomic E-state index is -0.948. The van der Waals surface area contributed by atoms with E-state index in [4.69, 9.17) is 0 Å². The van der Waals surface area contributed by atoms with Gasteiger partial charge in [0.1, 0.15) is 6.54 Å². The fraction of sp³-hybridized carbons (Fsp3) is 0.385. The van der Waals surface area contributed by atoms with E-state index in [0.717, 1.165) is 18.6 Å². The third kappa shape index (κ3) is 2.89. The highest BCUT2D eigenvalue weighted by molar-refractivity contribution is 5.80. The first-order chi connectivity index (χ1) is 9.01. The number of nitrogens with zero attached hydrogens (tertiary/aromatic N) is 2. The molecular formula is C13H15F2N3O. The van der Waals surface area contributed by atoms with Crippen LogP contribution in [-0.2, 0) is 11.3 Å². The highest BCUT2D eigenvalue weighted by Gasteiger charge is 2.12. The lowest BCUT2D eigenvalue weighted by atomic mass is 10.2. The molecule has 0 radical (unpaired) electrons. The van der Waals surface area contributed by atoms with Gasteiger partial charge < -0.3 is 9.88 Å². The van der Waals surface area contributed by atoms with Crippen LogP contribution < -0.4 is 5.32 Å². The van der Waals surface area contributed by atoms with Gasteiger partial charge in [-0.2, -0.15) is 0 Å². The number of rotatable bonds is 4. The summed E-state index contributed by atoms with van der Waals surface area (Å²) < 4.78 is 27.7. The maximum atomic E-state index is 13.2. The molecule has 2 rings (SSSR count). The Bertz CT molecular complexity index is 609. The molecule has 0 fully saturated rings. The fourth-order valence-electron chi connectivity index (χ4n) is 1.76. The molecule has 6 heteroatoms. The zero-order valence-electron chi connectivity index (χ0n) is 10.8. The second-order valence-corrected chi connectivity index (χ2v) is 4.50. The van der Waals surface area contributed by atoms with Crippen LogP contribution in [0.1, 0.15) is 20.3 Å². The zero-order chi connectivity index (χ0) is 14.0. The first-order valence-electron chi connectivity index (χ1n) is 6.10. The van der Waals surface area contributed by atoms with E-state index in [2.05, 4.69) is 10.3 Å². The van der Waals surface area contributed by atoms with Crippen molar-refractivity contribution < 1.29 is 13.6 Å². The van der Waals surface area contributed by atoms with Crippen molar-refractivity contribution in [3.8, 4) is 0 Å². The number of aromatic nitrogens is 2. The van der Waals surface area contributed by atoms with Crippen molar-refractivity contribution in [2.45, 2.75) is 32.9 Å². The van der Waals surface area contributed by atoms with E-state index in [1.165, 1.54) is 10.9 Å². The van der Waals surface area contributed by atoms with E-state index in [0.29, 0.717) is 11.0 Å². The number of amides is 1. The average Bonchev–Trinajstić information content (AvgIpc) is 2.72. The molecule has 0 spiro atoms. The first kappa shape index (κ1) is 13.5. The van der Waals surface area contributed by atoms with Gasteiger partial charge in [-0.3, -0.25) is 4.79 Å². The molecule has 0 saturated carbocycles. The van der Waals surface area contributed by atoms with Crippen LogP contribution in [0.25, 0.3) is 11.0 Å². The smallest absolute Gasteiger partial charge is 0.240 e. The van der Waals surface area contributed by atoms with Gasteiger partial charge in [-0.05, 0) is 13.3 Å². The number of hydrogen-bond acceptors (Lipinski definition) is 2. The Morgan fingerprint density at radius 2 is 2.11 bits per heavy atom. The molecule has 1 heterocycles. The van der Waals surface area contributed by atoms with Gasteiger partial charge >= 0.3 is 0 Å². The van der Waals surface area contributed by atoms with Crippen molar-refractivity contribution in [1.82, 2.24) is 14.9 Å². The SMILES string of the molecule is CC[C@H](C)NC(=O)Cn1cnc2cc(F)c(F)cc21. The van der Waals surface area contributed by atoms with E-state index < -0.39 is 11.6 Å². The Labute approximate surface area is 109 Å². The zero-order valence-corrected chi connectivity index (χ0v) is 10.8. The van der Waals surface area contributed by atoms with Crippen LogP contribution in [0.3, 0.4) is 0 Å². The third-order valence-electron chi connectivity index (χ3n) is 3.00. The van der Waals surface area contributed by atoms with E-state index in [1.54, 1.807) is 0 Å². The predicted molar refractivity (Wildman–Crippen MR) is 67.5 cm³/mol. The molecule has 0 unspecified atom stereocenters. The number of nitrogens with one attached hydrogen (secondary N) is 1. The van der Waals surface area contributed by atoms with Crippen LogP contribution in [0.15, 0.2) is 18.5 Å². The van der Waals surface area contributed by atoms with Crippen molar-refractivity contribution in [2.24, 2.45) is 0 Å². The minimum absolute atomic E-state index is 0.0336. The molecule has 1 aromatic carbocycles. The maximum absolute atomic E-state index is 13.2. The molecule has 19 heavy (non-hydrogen) atoms. The van der Waals surface area contributed by atoms with E-state index in [1.807, 2.05) is 13.8 Å². The summed E-state index contributed by atoms with van der Waals surface area (Å²) in [5, 5.41) is 2.80. The van der Waals surface area contributed by atoms with E-state index >= 15 is 0 Å². The summed E-state index contributed by atoms with van der Waals surface area (Å²) >= 11 is 0. The van der Waals surface area contributed by atoms with Gasteiger partial charge in [-0.25, -0.2) is 13.8 Å². The number of halogens is 2. The van der Waals surface area contributed by atoms with Crippen LogP contribution in [-0.4, -0.2) is 21.5 Å². The van der Waals surface area contributed by atoms with Gasteiger partial charge in [-0.1, -0.05) is 6.92 Å². The monoisotopic (exact) mass is 267 g/mol. The van der Waals surface area contributed by atoms with Crippen molar-refractivity contribution in [2.75, 3.05) is 0 Å². The van der Waals surface area contributed by atoms with E-state index in [-0.39, 0.29) is 18.5 Å². The van der Waals surface area contributed by atoms with Crippen LogP contribution >= 0.6 is 0 Å². The number of carbonyl (C=O) groups is 1. The van der Waals surface area contributed by atoms with Gasteiger partial charge in [0.05, 0.1) is 17.4 Å². The third-order valence-corrected chi connectivity index (χ3v) is 3.00. The summed E-state index contributed by atoms with van der Waals surface area (Å²) in [6.07, 6.45) is 2.23. The summed E-state index contributed by atoms with van der Waals surface area (Å²) in [4.78, 5) is 15.7. The second kappa shape index (κ2) is 5.34. The quantitative estimate of drug-likeness (QED) is 0.923. The number of carbonyl (C=O) groups excluding carboxylic acids is 1. The first-order valence-corrected chi connectivity index (χ1v) is 6.10. The Morgan fingerprint density at radius 3 is 2.79 bits per heavy atom. The lowest BCUT2D eigenvalue weighted by molar-refractivity contribution is -0.122. The molecule has 1 amide bonds. The van der Waals surface area contributed by atoms with Crippen molar-refractivity contribution in [1.29, 1.82) is 0 Å². The second-order valence-electron chi connectivity index (χ2n) is 4.50. The number of benzene rings is 1. The topological polar surface area (TPSA) is 46.9 Å². The summed E-state index contributed by atoms with van der Waals surface area (Å²) in [5.74, 6) is -2.07. The highest BCUT2D eigenvalue weighted by atomic mass is 19.2. The largest absolute Gasteiger partial charge is 0.352 e. The number of hydrogen-bond donors (Lipinski definition) is 1. The Hall–Kier alpha value is -1.98. The molecule has 102 valence electrons. The molecule has 1 atom stereocenters. The van der Waals surface area contributed by atoms with Crippen LogP contribution in [0.4, 0.5) is 8.78 Å². The van der Waals surface area contributed by atoms with Gasteiger partial charge in [0, 0.05) is 18.2 Å². The number of imidazole rings is 1. The van der Waals surface area contributed by atoms with Crippen molar-refractivity contribution in [3.63, 3.8) is 0 Å². The standard InChI is InChI=1S/C13H15F2N3O/c1-3-8(2)17-13(19)6-18-7-16-11-4-9(14)10(15)5-12(11)18/h4-5,7-8H,3,6H2,1-2H3,(H,17,19)/t8-/m0/s1. The van der Waals surface area contributed by atoms with Gasteiger partial charge in [0.25, 0.3) is 0 Å². The molecule has 0 bridgehead atoms. The predicted octanol–water partition coefficient (Wildman–Crippen LogP) is 2.23. The molecule has 1 N–H and O–H groups in total. The average molecular weight is 267 g/mol. The lowest BCUT2D eigenvalue weighted by Gasteiger charge is -2.11. The Kier molecular flexibility index (Phi) is 3.78. The van der Waals surface area contributed by atoms with Crippen molar-refractivity contribution >= 4 is 16.9 Å². The minimum Gasteiger partial charge on any atom is -0.352 e. The van der Waals surface area contributed by atoms with Gasteiger partial charge in [-0.15, -0.1) is 0 Å². The summed E-state index contributed by atoms with van der Waals surface area (Å²) in [7, 11) is 0. The molecule has 2 aromatic rings. The summed E-state index contributed by atoms with van der Waals surface area (Å²) in [6, 6.07) is 2.15. The Balaban J connectivity index is 2.22. The molecule has 4 nitrogen and oxygen atoms in total. The lowest BCUT2D eigenvalue weighted by Crippen LogP contribution is -2.34. The molecular weight excluding hydrogens is 252 g/mol. The van der Waals surface area contributed by atoms with Crippen LogP contribution in [0.2, 0.25) is 0 Å². The molecule has 0 aliphatic heterocycles. The normalized spacial score (nSPS) is 12.6. The van der Waals surface area contributed by atoms with E-state index in [9.17, 15) is 13.6 Å². The van der Waals surface area contributed by atoms with Crippen LogP contribution in [0, 0.1) is 11.6 Å². The number of fused-ring (bicyclic) bond motifs is 1. The highest BCUT2D eigenvalue weighted by Crippen LogP contribution is 2.17. The maximum Gasteiger partial charge on any atom is 0.240 e. The summed E-state index contributed by atoms with van der Waals surface area (Å²) in [5.41, 5.74) is 0.730. The molecule has 0 aliphatic rings. The van der Waals surface area contributed by atoms with Gasteiger partial charge in [0.15, 0.2) is 11.6 Å². The van der Waals surface area contributed by atoms with Gasteiger partial charge in [0.2, 0.25) is 5.91 Å².